The Kier molecular flexibility index (Phi) is 3.87. The molecule has 5 heteroatoms. The third kappa shape index (κ3) is 3.14. The molecule has 1 aliphatic heterocycles. The quantitative estimate of drug-likeness (QED) is 0.920. The Morgan fingerprint density at radius 1 is 1.14 bits per heavy atom. The topological polar surface area (TPSA) is 65.0 Å². The second-order valence-corrected chi connectivity index (χ2v) is 5.15. The molecule has 0 fully saturated rings. The molecule has 0 saturated heterocycles. The number of benzene rings is 2. The first-order valence-corrected chi connectivity index (χ1v) is 6.94. The van der Waals surface area contributed by atoms with Crippen LogP contribution in [0, 0.1) is 6.92 Å². The zero-order valence-electron chi connectivity index (χ0n) is 12.2. The summed E-state index contributed by atoms with van der Waals surface area (Å²) in [4.78, 5) is 10.5. The predicted octanol–water partition coefficient (Wildman–Crippen LogP) is 2.78. The maximum Gasteiger partial charge on any atom is 0.341 e. The lowest BCUT2D eigenvalue weighted by atomic mass is 10.0. The van der Waals surface area contributed by atoms with Crippen LogP contribution in [-0.4, -0.2) is 24.5 Å². The summed E-state index contributed by atoms with van der Waals surface area (Å²) in [5, 5.41) is 8.64. The van der Waals surface area contributed by atoms with Crippen LogP contribution in [0.3, 0.4) is 0 Å². The van der Waals surface area contributed by atoms with Gasteiger partial charge in [0, 0.05) is 0 Å². The van der Waals surface area contributed by atoms with E-state index in [1.165, 1.54) is 0 Å². The Hall–Kier alpha value is -2.69. The van der Waals surface area contributed by atoms with E-state index in [-0.39, 0.29) is 13.4 Å². The molecule has 0 unspecified atom stereocenters. The molecular formula is C17H16O5. The van der Waals surface area contributed by atoms with Gasteiger partial charge in [-0.15, -0.1) is 0 Å². The van der Waals surface area contributed by atoms with Crippen molar-refractivity contribution in [3.8, 4) is 17.2 Å². The number of aryl methyl sites for hydroxylation is 1. The average molecular weight is 300 g/mol. The van der Waals surface area contributed by atoms with Gasteiger partial charge in [0.1, 0.15) is 5.75 Å². The molecule has 1 heterocycles. The Balaban J connectivity index is 1.73. The molecule has 0 bridgehead atoms. The van der Waals surface area contributed by atoms with Crippen molar-refractivity contribution in [2.45, 2.75) is 13.3 Å². The molecule has 0 spiro atoms. The number of aliphatic carboxylic acids is 1. The van der Waals surface area contributed by atoms with E-state index in [0.29, 0.717) is 5.75 Å². The first kappa shape index (κ1) is 14.3. The highest BCUT2D eigenvalue weighted by molar-refractivity contribution is 5.68. The first-order chi connectivity index (χ1) is 10.6. The normalized spacial score (nSPS) is 12.2. The molecular weight excluding hydrogens is 284 g/mol. The van der Waals surface area contributed by atoms with E-state index >= 15 is 0 Å². The predicted molar refractivity (Wildman–Crippen MR) is 79.7 cm³/mol. The molecule has 1 N–H and O–H groups in total. The van der Waals surface area contributed by atoms with Gasteiger partial charge in [-0.1, -0.05) is 18.2 Å². The summed E-state index contributed by atoms with van der Waals surface area (Å²) < 4.78 is 15.9. The molecule has 0 atom stereocenters. The lowest BCUT2D eigenvalue weighted by Crippen LogP contribution is -2.10. The minimum Gasteiger partial charge on any atom is -0.482 e. The van der Waals surface area contributed by atoms with Crippen LogP contribution in [0.2, 0.25) is 0 Å². The number of ether oxygens (including phenoxy) is 3. The number of carboxylic acids is 1. The van der Waals surface area contributed by atoms with Crippen molar-refractivity contribution in [1.29, 1.82) is 0 Å². The van der Waals surface area contributed by atoms with Crippen molar-refractivity contribution < 1.29 is 24.1 Å². The summed E-state index contributed by atoms with van der Waals surface area (Å²) in [7, 11) is 0. The Morgan fingerprint density at radius 2 is 1.86 bits per heavy atom. The first-order valence-electron chi connectivity index (χ1n) is 6.94. The van der Waals surface area contributed by atoms with Crippen LogP contribution in [0.15, 0.2) is 36.4 Å². The standard InChI is InChI=1S/C17H16O5/c1-11-6-12(2-4-14(11)20-9-17(18)19)7-13-3-5-15-16(8-13)22-10-21-15/h2-6,8H,7,9-10H2,1H3,(H,18,19). The summed E-state index contributed by atoms with van der Waals surface area (Å²) in [5.74, 6) is 1.16. The van der Waals surface area contributed by atoms with Gasteiger partial charge in [-0.25, -0.2) is 4.79 Å². The third-order valence-corrected chi connectivity index (χ3v) is 3.44. The van der Waals surface area contributed by atoms with Crippen LogP contribution >= 0.6 is 0 Å². The minimum absolute atomic E-state index is 0.271. The van der Waals surface area contributed by atoms with E-state index in [1.807, 2.05) is 37.3 Å². The van der Waals surface area contributed by atoms with E-state index in [2.05, 4.69) is 0 Å². The molecule has 3 rings (SSSR count). The fourth-order valence-electron chi connectivity index (χ4n) is 2.41. The van der Waals surface area contributed by atoms with E-state index in [4.69, 9.17) is 19.3 Å². The smallest absolute Gasteiger partial charge is 0.341 e. The van der Waals surface area contributed by atoms with Gasteiger partial charge >= 0.3 is 5.97 Å². The molecule has 22 heavy (non-hydrogen) atoms. The van der Waals surface area contributed by atoms with E-state index < -0.39 is 5.97 Å². The van der Waals surface area contributed by atoms with Crippen molar-refractivity contribution in [1.82, 2.24) is 0 Å². The second-order valence-electron chi connectivity index (χ2n) is 5.15. The molecule has 114 valence electrons. The zero-order valence-corrected chi connectivity index (χ0v) is 12.2. The molecule has 5 nitrogen and oxygen atoms in total. The second kappa shape index (κ2) is 5.97. The van der Waals surface area contributed by atoms with E-state index in [9.17, 15) is 4.79 Å². The van der Waals surface area contributed by atoms with Gasteiger partial charge < -0.3 is 19.3 Å². The van der Waals surface area contributed by atoms with Crippen LogP contribution in [0.4, 0.5) is 0 Å². The molecule has 2 aromatic rings. The minimum atomic E-state index is -0.983. The van der Waals surface area contributed by atoms with E-state index in [1.54, 1.807) is 6.07 Å². The fraction of sp³-hybridized carbons (Fsp3) is 0.235. The fourth-order valence-corrected chi connectivity index (χ4v) is 2.41. The molecule has 0 amide bonds. The zero-order chi connectivity index (χ0) is 15.5. The highest BCUT2D eigenvalue weighted by Crippen LogP contribution is 2.33. The van der Waals surface area contributed by atoms with Crippen molar-refractivity contribution in [2.75, 3.05) is 13.4 Å². The molecule has 0 aromatic heterocycles. The van der Waals surface area contributed by atoms with Gasteiger partial charge in [-0.3, -0.25) is 0 Å². The van der Waals surface area contributed by atoms with Gasteiger partial charge in [-0.05, 0) is 48.2 Å². The SMILES string of the molecule is Cc1cc(Cc2ccc3c(c2)OCO3)ccc1OCC(=O)O. The van der Waals surface area contributed by atoms with Crippen LogP contribution in [0.25, 0.3) is 0 Å². The van der Waals surface area contributed by atoms with Crippen LogP contribution < -0.4 is 14.2 Å². The van der Waals surface area contributed by atoms with Crippen molar-refractivity contribution in [3.05, 3.63) is 53.1 Å². The van der Waals surface area contributed by atoms with Gasteiger partial charge in [-0.2, -0.15) is 0 Å². The number of carboxylic acid groups (broad SMARTS) is 1. The van der Waals surface area contributed by atoms with Crippen molar-refractivity contribution >= 4 is 5.97 Å². The molecule has 0 radical (unpaired) electrons. The lowest BCUT2D eigenvalue weighted by Gasteiger charge is -2.09. The number of carbonyl (C=O) groups is 1. The number of hydrogen-bond donors (Lipinski definition) is 1. The lowest BCUT2D eigenvalue weighted by molar-refractivity contribution is -0.139. The molecule has 0 aliphatic carbocycles. The van der Waals surface area contributed by atoms with Crippen LogP contribution in [0.1, 0.15) is 16.7 Å². The van der Waals surface area contributed by atoms with Crippen LogP contribution in [-0.2, 0) is 11.2 Å². The summed E-state index contributed by atoms with van der Waals surface area (Å²) in [5.41, 5.74) is 3.17. The maximum absolute atomic E-state index is 10.5. The molecule has 2 aromatic carbocycles. The van der Waals surface area contributed by atoms with E-state index in [0.717, 1.165) is 34.6 Å². The maximum atomic E-state index is 10.5. The third-order valence-electron chi connectivity index (χ3n) is 3.44. The summed E-state index contributed by atoms with van der Waals surface area (Å²) in [6.45, 7) is 1.84. The van der Waals surface area contributed by atoms with Gasteiger partial charge in [0.05, 0.1) is 0 Å². The van der Waals surface area contributed by atoms with Crippen molar-refractivity contribution in [3.63, 3.8) is 0 Å². The summed E-state index contributed by atoms with van der Waals surface area (Å²) >= 11 is 0. The van der Waals surface area contributed by atoms with Crippen molar-refractivity contribution in [2.24, 2.45) is 0 Å². The highest BCUT2D eigenvalue weighted by atomic mass is 16.7. The monoisotopic (exact) mass is 300 g/mol. The molecule has 0 saturated carbocycles. The van der Waals surface area contributed by atoms with Gasteiger partial charge in [0.15, 0.2) is 18.1 Å². The summed E-state index contributed by atoms with van der Waals surface area (Å²) in [6, 6.07) is 11.6. The number of fused-ring (bicyclic) bond motifs is 1. The van der Waals surface area contributed by atoms with Gasteiger partial charge in [0.2, 0.25) is 6.79 Å². The average Bonchev–Trinajstić information content (AvgIpc) is 2.94. The Bertz CT molecular complexity index is 708. The Morgan fingerprint density at radius 3 is 2.64 bits per heavy atom. The number of rotatable bonds is 5. The number of hydrogen-bond acceptors (Lipinski definition) is 4. The van der Waals surface area contributed by atoms with Crippen LogP contribution in [0.5, 0.6) is 17.2 Å². The molecule has 1 aliphatic rings. The Labute approximate surface area is 128 Å². The van der Waals surface area contributed by atoms with Gasteiger partial charge in [0.25, 0.3) is 0 Å². The largest absolute Gasteiger partial charge is 0.482 e. The highest BCUT2D eigenvalue weighted by Gasteiger charge is 2.13. The summed E-state index contributed by atoms with van der Waals surface area (Å²) in [6.07, 6.45) is 0.761.